The lowest BCUT2D eigenvalue weighted by molar-refractivity contribution is -0.117. The number of aryl methyl sites for hydroxylation is 1. The van der Waals surface area contributed by atoms with Gasteiger partial charge >= 0.3 is 0 Å². The molecule has 188 valence electrons. The van der Waals surface area contributed by atoms with Crippen molar-refractivity contribution in [2.75, 3.05) is 30.0 Å². The van der Waals surface area contributed by atoms with Crippen molar-refractivity contribution in [3.8, 4) is 0 Å². The number of ether oxygens (including phenoxy) is 1. The van der Waals surface area contributed by atoms with E-state index in [0.717, 1.165) is 17.5 Å². The Morgan fingerprint density at radius 3 is 2.72 bits per heavy atom. The molecule has 1 atom stereocenters. The zero-order valence-electron chi connectivity index (χ0n) is 20.7. The molecule has 3 amide bonds. The number of hydrogen-bond donors (Lipinski definition) is 1. The van der Waals surface area contributed by atoms with Gasteiger partial charge in [0, 0.05) is 39.1 Å². The molecule has 3 aromatic rings. The summed E-state index contributed by atoms with van der Waals surface area (Å²) in [6, 6.07) is 14.9. The van der Waals surface area contributed by atoms with Crippen LogP contribution in [0.2, 0.25) is 0 Å². The molecule has 5 rings (SSSR count). The number of amides is 3. The molecule has 1 unspecified atom stereocenters. The monoisotopic (exact) mass is 489 g/mol. The molecule has 0 bridgehead atoms. The Hall–Kier alpha value is -3.72. The lowest BCUT2D eigenvalue weighted by Gasteiger charge is -2.48. The molecule has 2 aliphatic rings. The lowest BCUT2D eigenvalue weighted by atomic mass is 9.98. The van der Waals surface area contributed by atoms with Gasteiger partial charge in [-0.3, -0.25) is 24.6 Å². The average molecular weight is 490 g/mol. The van der Waals surface area contributed by atoms with E-state index in [1.165, 1.54) is 0 Å². The highest BCUT2D eigenvalue weighted by Gasteiger charge is 2.52. The number of fused-ring (bicyclic) bond motifs is 4. The number of carbonyl (C=O) groups excluding carboxylic acids is 3. The van der Waals surface area contributed by atoms with Crippen LogP contribution in [0, 0.1) is 0 Å². The summed E-state index contributed by atoms with van der Waals surface area (Å²) in [5.41, 5.74) is 2.10. The Morgan fingerprint density at radius 1 is 1.11 bits per heavy atom. The van der Waals surface area contributed by atoms with Gasteiger partial charge in [-0.2, -0.15) is 0 Å². The first-order valence-corrected chi connectivity index (χ1v) is 12.5. The number of anilines is 2. The number of imidazole rings is 1. The fourth-order valence-corrected chi connectivity index (χ4v) is 5.31. The van der Waals surface area contributed by atoms with Crippen molar-refractivity contribution in [1.82, 2.24) is 14.5 Å². The molecule has 2 aliphatic heterocycles. The fourth-order valence-electron chi connectivity index (χ4n) is 5.31. The van der Waals surface area contributed by atoms with Gasteiger partial charge < -0.3 is 14.2 Å². The number of para-hydroxylation sites is 3. The van der Waals surface area contributed by atoms with Gasteiger partial charge in [-0.05, 0) is 51.0 Å². The summed E-state index contributed by atoms with van der Waals surface area (Å²) in [5, 5.41) is 2.95. The Kier molecular flexibility index (Phi) is 6.49. The highest BCUT2D eigenvalue weighted by Crippen LogP contribution is 2.44. The summed E-state index contributed by atoms with van der Waals surface area (Å²) in [6.07, 6.45) is 1.78. The van der Waals surface area contributed by atoms with Crippen LogP contribution in [0.4, 0.5) is 11.6 Å². The van der Waals surface area contributed by atoms with Crippen LogP contribution in [0.15, 0.2) is 48.5 Å². The van der Waals surface area contributed by atoms with Gasteiger partial charge in [-0.25, -0.2) is 4.98 Å². The largest absolute Gasteiger partial charge is 0.382 e. The molecule has 0 spiro atoms. The van der Waals surface area contributed by atoms with Crippen molar-refractivity contribution in [3.05, 3.63) is 54.1 Å². The van der Waals surface area contributed by atoms with Crippen LogP contribution in [0.25, 0.3) is 11.0 Å². The van der Waals surface area contributed by atoms with E-state index >= 15 is 0 Å². The summed E-state index contributed by atoms with van der Waals surface area (Å²) in [4.78, 5) is 47.2. The normalized spacial score (nSPS) is 19.1. The van der Waals surface area contributed by atoms with Crippen LogP contribution in [-0.2, 0) is 20.9 Å². The molecule has 0 aliphatic carbocycles. The Bertz CT molecular complexity index is 1320. The molecular formula is C27H31N5O4. The van der Waals surface area contributed by atoms with Crippen LogP contribution in [0.1, 0.15) is 49.9 Å². The molecule has 1 fully saturated rings. The summed E-state index contributed by atoms with van der Waals surface area (Å²) in [5.74, 6) is 0.0853. The van der Waals surface area contributed by atoms with E-state index in [1.54, 1.807) is 21.9 Å². The number of nitrogens with zero attached hydrogens (tertiary/aromatic N) is 4. The third-order valence-corrected chi connectivity index (χ3v) is 7.09. The topological polar surface area (TPSA) is 96.8 Å². The molecule has 0 saturated carbocycles. The number of rotatable bonds is 9. The second kappa shape index (κ2) is 9.73. The van der Waals surface area contributed by atoms with E-state index in [1.807, 2.05) is 54.8 Å². The van der Waals surface area contributed by atoms with Gasteiger partial charge in [0.1, 0.15) is 5.66 Å². The van der Waals surface area contributed by atoms with E-state index in [-0.39, 0.29) is 30.7 Å². The SMILES string of the molecule is CCOCCCn1c(NC(=O)CCN2C(=O)c3ccccc3N3C(=O)CCC23C)nc2ccccc21. The molecule has 3 heterocycles. The van der Waals surface area contributed by atoms with Crippen LogP contribution in [0.5, 0.6) is 0 Å². The third kappa shape index (κ3) is 4.13. The van der Waals surface area contributed by atoms with Gasteiger partial charge in [0.25, 0.3) is 5.91 Å². The first-order chi connectivity index (χ1) is 17.4. The zero-order valence-corrected chi connectivity index (χ0v) is 20.7. The minimum atomic E-state index is -0.783. The standard InChI is InChI=1S/C27H31N5O4/c1-3-36-18-8-16-30-22-12-7-5-10-20(22)28-26(30)29-23(33)14-17-31-25(35)19-9-4-6-11-21(19)32-24(34)13-15-27(31,32)2/h4-7,9-12H,3,8,13-18H2,1-2H3,(H,28,29,33). The maximum atomic E-state index is 13.4. The smallest absolute Gasteiger partial charge is 0.257 e. The molecule has 1 aromatic heterocycles. The maximum absolute atomic E-state index is 13.4. The molecule has 9 nitrogen and oxygen atoms in total. The van der Waals surface area contributed by atoms with Gasteiger partial charge in [-0.1, -0.05) is 24.3 Å². The zero-order chi connectivity index (χ0) is 25.3. The summed E-state index contributed by atoms with van der Waals surface area (Å²) >= 11 is 0. The van der Waals surface area contributed by atoms with E-state index < -0.39 is 5.66 Å². The molecule has 1 saturated heterocycles. The van der Waals surface area contributed by atoms with Crippen molar-refractivity contribution < 1.29 is 19.1 Å². The van der Waals surface area contributed by atoms with Crippen LogP contribution in [-0.4, -0.2) is 57.6 Å². The highest BCUT2D eigenvalue weighted by atomic mass is 16.5. The number of nitrogens with one attached hydrogen (secondary N) is 1. The number of carbonyl (C=O) groups is 3. The van der Waals surface area contributed by atoms with Crippen molar-refractivity contribution >= 4 is 40.4 Å². The molecule has 1 N–H and O–H groups in total. The molecule has 9 heteroatoms. The van der Waals surface area contributed by atoms with Crippen LogP contribution in [0.3, 0.4) is 0 Å². The number of hydrogen-bond acceptors (Lipinski definition) is 5. The van der Waals surface area contributed by atoms with E-state index in [2.05, 4.69) is 10.3 Å². The first-order valence-electron chi connectivity index (χ1n) is 12.5. The van der Waals surface area contributed by atoms with Crippen LogP contribution >= 0.6 is 0 Å². The minimum Gasteiger partial charge on any atom is -0.382 e. The maximum Gasteiger partial charge on any atom is 0.257 e. The molecule has 36 heavy (non-hydrogen) atoms. The quantitative estimate of drug-likeness (QED) is 0.462. The second-order valence-corrected chi connectivity index (χ2v) is 9.34. The number of aromatic nitrogens is 2. The molecule has 2 aromatic carbocycles. The van der Waals surface area contributed by atoms with Gasteiger partial charge in [0.05, 0.1) is 22.3 Å². The van der Waals surface area contributed by atoms with Crippen molar-refractivity contribution in [2.45, 2.75) is 51.7 Å². The Balaban J connectivity index is 1.33. The lowest BCUT2D eigenvalue weighted by Crippen LogP contribution is -2.62. The fraction of sp³-hybridized carbons (Fsp3) is 0.407. The van der Waals surface area contributed by atoms with E-state index in [4.69, 9.17) is 4.74 Å². The third-order valence-electron chi connectivity index (χ3n) is 7.09. The van der Waals surface area contributed by atoms with Gasteiger partial charge in [0.15, 0.2) is 0 Å². The number of benzene rings is 2. The Labute approximate surface area is 210 Å². The van der Waals surface area contributed by atoms with Gasteiger partial charge in [-0.15, -0.1) is 0 Å². The summed E-state index contributed by atoms with van der Waals surface area (Å²) in [7, 11) is 0. The first kappa shape index (κ1) is 24.0. The van der Waals surface area contributed by atoms with Gasteiger partial charge in [0.2, 0.25) is 17.8 Å². The Morgan fingerprint density at radius 2 is 1.89 bits per heavy atom. The van der Waals surface area contributed by atoms with E-state index in [9.17, 15) is 14.4 Å². The molecule has 0 radical (unpaired) electrons. The average Bonchev–Trinajstić information content (AvgIpc) is 3.38. The predicted molar refractivity (Wildman–Crippen MR) is 137 cm³/mol. The summed E-state index contributed by atoms with van der Waals surface area (Å²) in [6.45, 7) is 6.02. The molecular weight excluding hydrogens is 458 g/mol. The minimum absolute atomic E-state index is 0.00679. The van der Waals surface area contributed by atoms with E-state index in [0.29, 0.717) is 49.8 Å². The highest BCUT2D eigenvalue weighted by molar-refractivity contribution is 6.10. The summed E-state index contributed by atoms with van der Waals surface area (Å²) < 4.78 is 7.46. The predicted octanol–water partition coefficient (Wildman–Crippen LogP) is 3.79. The van der Waals surface area contributed by atoms with Crippen molar-refractivity contribution in [2.24, 2.45) is 0 Å². The van der Waals surface area contributed by atoms with Crippen molar-refractivity contribution in [1.29, 1.82) is 0 Å². The van der Waals surface area contributed by atoms with Crippen LogP contribution < -0.4 is 10.2 Å². The van der Waals surface area contributed by atoms with Crippen molar-refractivity contribution in [3.63, 3.8) is 0 Å². The second-order valence-electron chi connectivity index (χ2n) is 9.34.